The van der Waals surface area contributed by atoms with Crippen molar-refractivity contribution in [3.05, 3.63) is 0 Å². The molecule has 0 spiro atoms. The van der Waals surface area contributed by atoms with E-state index >= 15 is 0 Å². The highest BCUT2D eigenvalue weighted by atomic mass is 31.2. The van der Waals surface area contributed by atoms with Gasteiger partial charge in [-0.15, -0.1) is 0 Å². The molecule has 0 aliphatic carbocycles. The lowest BCUT2D eigenvalue weighted by Crippen LogP contribution is -2.30. The van der Waals surface area contributed by atoms with Gasteiger partial charge in [0.1, 0.15) is 19.3 Å². The smallest absolute Gasteiger partial charge is 0.462 e. The molecule has 7 atom stereocenters. The van der Waals surface area contributed by atoms with Crippen LogP contribution in [0.4, 0.5) is 0 Å². The summed E-state index contributed by atoms with van der Waals surface area (Å²) in [5.74, 6) is 0.882. The number of carbonyl (C=O) groups is 4. The molecule has 89 heavy (non-hydrogen) atoms. The lowest BCUT2D eigenvalue weighted by atomic mass is 9.99. The van der Waals surface area contributed by atoms with Crippen molar-refractivity contribution in [2.24, 2.45) is 23.7 Å². The zero-order valence-electron chi connectivity index (χ0n) is 58.1. The van der Waals surface area contributed by atoms with Crippen LogP contribution in [-0.4, -0.2) is 96.7 Å². The normalized spacial score (nSPS) is 14.9. The third kappa shape index (κ3) is 62.0. The van der Waals surface area contributed by atoms with Crippen molar-refractivity contribution in [2.45, 2.75) is 363 Å². The second-order valence-electron chi connectivity index (χ2n) is 26.7. The van der Waals surface area contributed by atoms with Crippen LogP contribution in [0.15, 0.2) is 0 Å². The summed E-state index contributed by atoms with van der Waals surface area (Å²) in [4.78, 5) is 72.5. The largest absolute Gasteiger partial charge is 0.472 e. The highest BCUT2D eigenvalue weighted by Crippen LogP contribution is 2.45. The standard InChI is InChI=1S/C70H136O17P2/c1-9-62(7)48-40-32-24-19-21-27-37-45-53-70(75)87-65(56-80-67(72)50-42-34-25-20-18-23-31-39-47-61(5)6)58-84-88(76,77)82-54-64(71)55-83-89(78,79)85-59-66(57-81-68(73)51-43-35-29-28-33-41-49-63(8)10-2)86-69(74)52-44-36-26-17-15-13-11-12-14-16-22-30-38-46-60(3)4/h60-66,71H,9-59H2,1-8H3,(H,76,77)(H,78,79)/t62?,63?,64-,65-,66-/m1/s1. The molecule has 0 amide bonds. The molecule has 0 fully saturated rings. The van der Waals surface area contributed by atoms with Gasteiger partial charge in [0.15, 0.2) is 12.2 Å². The van der Waals surface area contributed by atoms with Crippen molar-refractivity contribution in [1.82, 2.24) is 0 Å². The van der Waals surface area contributed by atoms with Crippen LogP contribution in [0.3, 0.4) is 0 Å². The maximum Gasteiger partial charge on any atom is 0.472 e. The molecule has 0 aliphatic heterocycles. The molecular formula is C70H136O17P2. The summed E-state index contributed by atoms with van der Waals surface area (Å²) < 4.78 is 68.3. The first kappa shape index (κ1) is 87.1. The molecule has 0 aromatic heterocycles. The monoisotopic (exact) mass is 1310 g/mol. The number of unbranched alkanes of at least 4 members (excludes halogenated alkanes) is 31. The summed E-state index contributed by atoms with van der Waals surface area (Å²) in [5.41, 5.74) is 0. The highest BCUT2D eigenvalue weighted by molar-refractivity contribution is 7.47. The molecule has 0 aliphatic rings. The van der Waals surface area contributed by atoms with E-state index in [1.165, 1.54) is 141 Å². The number of aliphatic hydroxyl groups excluding tert-OH is 1. The Kier molecular flexibility index (Phi) is 58.5. The summed E-state index contributed by atoms with van der Waals surface area (Å²) >= 11 is 0. The summed E-state index contributed by atoms with van der Waals surface area (Å²) in [7, 11) is -9.90. The van der Waals surface area contributed by atoms with Gasteiger partial charge in [0.25, 0.3) is 0 Å². The molecule has 0 aromatic carbocycles. The molecular weight excluding hydrogens is 1170 g/mol. The molecule has 528 valence electrons. The number of rotatable bonds is 67. The lowest BCUT2D eigenvalue weighted by molar-refractivity contribution is -0.161. The number of phosphoric acid groups is 2. The Bertz CT molecular complexity index is 1770. The van der Waals surface area contributed by atoms with Gasteiger partial charge in [-0.1, -0.05) is 293 Å². The van der Waals surface area contributed by atoms with Crippen molar-refractivity contribution in [3.63, 3.8) is 0 Å². The first-order chi connectivity index (χ1) is 42.7. The molecule has 3 N–H and O–H groups in total. The Morgan fingerprint density at radius 3 is 0.798 bits per heavy atom. The number of aliphatic hydroxyl groups is 1. The van der Waals surface area contributed by atoms with Crippen LogP contribution in [0.2, 0.25) is 0 Å². The maximum absolute atomic E-state index is 13.0. The van der Waals surface area contributed by atoms with E-state index in [9.17, 15) is 43.2 Å². The molecule has 4 unspecified atom stereocenters. The van der Waals surface area contributed by atoms with Crippen molar-refractivity contribution >= 4 is 39.5 Å². The zero-order valence-corrected chi connectivity index (χ0v) is 59.8. The number of esters is 4. The van der Waals surface area contributed by atoms with Gasteiger partial charge in [-0.2, -0.15) is 0 Å². The van der Waals surface area contributed by atoms with E-state index < -0.39 is 97.5 Å². The molecule has 17 nitrogen and oxygen atoms in total. The Hall–Kier alpha value is -1.94. The number of carbonyl (C=O) groups excluding carboxylic acids is 4. The fourth-order valence-electron chi connectivity index (χ4n) is 10.4. The van der Waals surface area contributed by atoms with Crippen LogP contribution in [-0.2, 0) is 65.4 Å². The van der Waals surface area contributed by atoms with Crippen molar-refractivity contribution < 1.29 is 80.2 Å². The summed E-state index contributed by atoms with van der Waals surface area (Å²) in [6.07, 6.45) is 41.7. The fraction of sp³-hybridized carbons (Fsp3) is 0.943. The molecule has 0 heterocycles. The molecule has 0 saturated carbocycles. The predicted molar refractivity (Wildman–Crippen MR) is 358 cm³/mol. The Labute approximate surface area is 543 Å². The van der Waals surface area contributed by atoms with Gasteiger partial charge in [0.05, 0.1) is 26.4 Å². The van der Waals surface area contributed by atoms with Crippen molar-refractivity contribution in [3.8, 4) is 0 Å². The van der Waals surface area contributed by atoms with Crippen LogP contribution >= 0.6 is 15.6 Å². The minimum absolute atomic E-state index is 0.104. The molecule has 0 radical (unpaired) electrons. The average molecular weight is 1310 g/mol. The second kappa shape index (κ2) is 59.8. The van der Waals surface area contributed by atoms with Crippen LogP contribution < -0.4 is 0 Å². The Morgan fingerprint density at radius 1 is 0.315 bits per heavy atom. The van der Waals surface area contributed by atoms with Gasteiger partial charge >= 0.3 is 39.5 Å². The van der Waals surface area contributed by atoms with Crippen LogP contribution in [0.1, 0.15) is 344 Å². The third-order valence-electron chi connectivity index (χ3n) is 16.8. The zero-order chi connectivity index (χ0) is 66.1. The number of hydrogen-bond acceptors (Lipinski definition) is 15. The van der Waals surface area contributed by atoms with Crippen LogP contribution in [0, 0.1) is 23.7 Å². The molecule has 0 aromatic rings. The van der Waals surface area contributed by atoms with Crippen molar-refractivity contribution in [2.75, 3.05) is 39.6 Å². The SMILES string of the molecule is CCC(C)CCCCCCCCCCC(=O)O[C@H](COC(=O)CCCCCCCCCCC(C)C)COP(=O)(O)OC[C@@H](O)COP(=O)(O)OC[C@@H](COC(=O)CCCCCCCCC(C)CC)OC(=O)CCCCCCCCCCCCCCCC(C)C. The summed E-state index contributed by atoms with van der Waals surface area (Å²) in [5, 5.41) is 10.6. The first-order valence-corrected chi connectivity index (χ1v) is 39.3. The van der Waals surface area contributed by atoms with Gasteiger partial charge in [0, 0.05) is 25.7 Å². The molecule has 0 bridgehead atoms. The van der Waals surface area contributed by atoms with Crippen LogP contribution in [0.25, 0.3) is 0 Å². The average Bonchev–Trinajstić information content (AvgIpc) is 3.55. The van der Waals surface area contributed by atoms with Gasteiger partial charge in [-0.3, -0.25) is 37.3 Å². The minimum atomic E-state index is -4.95. The highest BCUT2D eigenvalue weighted by Gasteiger charge is 2.30. The van der Waals surface area contributed by atoms with Gasteiger partial charge in [0.2, 0.25) is 0 Å². The van der Waals surface area contributed by atoms with E-state index in [4.69, 9.17) is 37.0 Å². The Morgan fingerprint density at radius 2 is 0.539 bits per heavy atom. The van der Waals surface area contributed by atoms with E-state index in [1.807, 2.05) is 0 Å². The maximum atomic E-state index is 13.0. The van der Waals surface area contributed by atoms with Gasteiger partial charge in [-0.25, -0.2) is 9.13 Å². The number of phosphoric ester groups is 2. The quantitative estimate of drug-likeness (QED) is 0.0222. The van der Waals surface area contributed by atoms with E-state index in [0.29, 0.717) is 25.7 Å². The van der Waals surface area contributed by atoms with Crippen LogP contribution in [0.5, 0.6) is 0 Å². The second-order valence-corrected chi connectivity index (χ2v) is 29.6. The summed E-state index contributed by atoms with van der Waals surface area (Å²) in [6, 6.07) is 0. The molecule has 0 rings (SSSR count). The minimum Gasteiger partial charge on any atom is -0.462 e. The lowest BCUT2D eigenvalue weighted by Gasteiger charge is -2.21. The topological polar surface area (TPSA) is 237 Å². The van der Waals surface area contributed by atoms with E-state index in [-0.39, 0.29) is 25.7 Å². The predicted octanol–water partition coefficient (Wildman–Crippen LogP) is 19.7. The van der Waals surface area contributed by atoms with E-state index in [0.717, 1.165) is 120 Å². The van der Waals surface area contributed by atoms with Crippen molar-refractivity contribution in [1.29, 1.82) is 0 Å². The van der Waals surface area contributed by atoms with E-state index in [1.54, 1.807) is 0 Å². The molecule has 0 saturated heterocycles. The number of hydrogen-bond donors (Lipinski definition) is 3. The summed E-state index contributed by atoms with van der Waals surface area (Å²) in [6.45, 7) is 14.1. The molecule has 19 heteroatoms. The fourth-order valence-corrected chi connectivity index (χ4v) is 12.0. The van der Waals surface area contributed by atoms with Gasteiger partial charge in [-0.05, 0) is 49.4 Å². The van der Waals surface area contributed by atoms with E-state index in [2.05, 4.69) is 55.4 Å². The Balaban J connectivity index is 5.26. The third-order valence-corrected chi connectivity index (χ3v) is 18.7. The first-order valence-electron chi connectivity index (χ1n) is 36.3. The van der Waals surface area contributed by atoms with Gasteiger partial charge < -0.3 is 33.8 Å². The number of ether oxygens (including phenoxy) is 4.